The van der Waals surface area contributed by atoms with Crippen LogP contribution < -0.4 is 5.32 Å². The van der Waals surface area contributed by atoms with Crippen molar-refractivity contribution in [2.75, 3.05) is 6.54 Å². The molecule has 0 aliphatic heterocycles. The van der Waals surface area contributed by atoms with E-state index >= 15 is 0 Å². The van der Waals surface area contributed by atoms with Crippen LogP contribution in [0.1, 0.15) is 45.9 Å². The average molecular weight is 209 g/mol. The Morgan fingerprint density at radius 1 is 1.33 bits per heavy atom. The number of rotatable bonds is 6. The van der Waals surface area contributed by atoms with Crippen molar-refractivity contribution < 1.29 is 0 Å². The fourth-order valence-corrected chi connectivity index (χ4v) is 1.46. The molecule has 1 aromatic heterocycles. The standard InChI is InChI=1S/C12H23N3/c1-10(2)13-8-5-6-12-7-9-15(14-12)11(3)4/h7,9-11,13H,5-6,8H2,1-4H3. The van der Waals surface area contributed by atoms with Gasteiger partial charge in [0, 0.05) is 18.3 Å². The Balaban J connectivity index is 2.26. The van der Waals surface area contributed by atoms with Crippen LogP contribution in [0.15, 0.2) is 12.3 Å². The van der Waals surface area contributed by atoms with E-state index in [2.05, 4.69) is 50.4 Å². The first-order valence-corrected chi connectivity index (χ1v) is 5.87. The molecule has 0 fully saturated rings. The van der Waals surface area contributed by atoms with E-state index in [9.17, 15) is 0 Å². The molecule has 0 radical (unpaired) electrons. The summed E-state index contributed by atoms with van der Waals surface area (Å²) in [6.45, 7) is 9.72. The molecule has 0 aliphatic rings. The van der Waals surface area contributed by atoms with Gasteiger partial charge in [0.15, 0.2) is 0 Å². The van der Waals surface area contributed by atoms with Gasteiger partial charge in [0.2, 0.25) is 0 Å². The van der Waals surface area contributed by atoms with E-state index in [1.165, 1.54) is 5.69 Å². The van der Waals surface area contributed by atoms with Crippen LogP contribution in [-0.4, -0.2) is 22.4 Å². The molecule has 0 bridgehead atoms. The van der Waals surface area contributed by atoms with Gasteiger partial charge in [-0.15, -0.1) is 0 Å². The van der Waals surface area contributed by atoms with Crippen LogP contribution in [0.25, 0.3) is 0 Å². The predicted octanol–water partition coefficient (Wildman–Crippen LogP) is 2.39. The van der Waals surface area contributed by atoms with Crippen molar-refractivity contribution >= 4 is 0 Å². The van der Waals surface area contributed by atoms with Gasteiger partial charge < -0.3 is 5.32 Å². The largest absolute Gasteiger partial charge is 0.315 e. The van der Waals surface area contributed by atoms with E-state index in [1.807, 2.05) is 4.68 Å². The number of nitrogens with one attached hydrogen (secondary N) is 1. The van der Waals surface area contributed by atoms with Gasteiger partial charge in [-0.2, -0.15) is 5.10 Å². The summed E-state index contributed by atoms with van der Waals surface area (Å²) in [6, 6.07) is 3.17. The Hall–Kier alpha value is -0.830. The molecule has 0 spiro atoms. The summed E-state index contributed by atoms with van der Waals surface area (Å²) in [7, 11) is 0. The van der Waals surface area contributed by atoms with Gasteiger partial charge in [-0.05, 0) is 39.3 Å². The first-order chi connectivity index (χ1) is 7.09. The van der Waals surface area contributed by atoms with Crippen molar-refractivity contribution in [1.29, 1.82) is 0 Å². The number of aryl methyl sites for hydroxylation is 1. The minimum atomic E-state index is 0.465. The second kappa shape index (κ2) is 5.91. The fourth-order valence-electron chi connectivity index (χ4n) is 1.46. The van der Waals surface area contributed by atoms with Gasteiger partial charge in [0.25, 0.3) is 0 Å². The lowest BCUT2D eigenvalue weighted by molar-refractivity contribution is 0.521. The Morgan fingerprint density at radius 2 is 2.07 bits per heavy atom. The minimum Gasteiger partial charge on any atom is -0.315 e. The zero-order valence-electron chi connectivity index (χ0n) is 10.3. The molecule has 3 heteroatoms. The van der Waals surface area contributed by atoms with Crippen molar-refractivity contribution in [2.45, 2.75) is 52.6 Å². The van der Waals surface area contributed by atoms with Gasteiger partial charge in [0.05, 0.1) is 5.69 Å². The average Bonchev–Trinajstić information content (AvgIpc) is 2.60. The molecule has 86 valence electrons. The molecule has 1 rings (SSSR count). The summed E-state index contributed by atoms with van der Waals surface area (Å²) in [4.78, 5) is 0. The van der Waals surface area contributed by atoms with Crippen LogP contribution in [0.4, 0.5) is 0 Å². The maximum absolute atomic E-state index is 4.52. The maximum Gasteiger partial charge on any atom is 0.0625 e. The predicted molar refractivity (Wildman–Crippen MR) is 64.1 cm³/mol. The highest BCUT2D eigenvalue weighted by molar-refractivity contribution is 4.99. The van der Waals surface area contributed by atoms with Crippen molar-refractivity contribution in [3.8, 4) is 0 Å². The third-order valence-electron chi connectivity index (χ3n) is 2.35. The van der Waals surface area contributed by atoms with Gasteiger partial charge in [-0.25, -0.2) is 0 Å². The smallest absolute Gasteiger partial charge is 0.0625 e. The van der Waals surface area contributed by atoms with E-state index in [1.54, 1.807) is 0 Å². The molecule has 0 aliphatic carbocycles. The second-order valence-electron chi connectivity index (χ2n) is 4.59. The highest BCUT2D eigenvalue weighted by Gasteiger charge is 2.01. The van der Waals surface area contributed by atoms with Crippen molar-refractivity contribution in [3.05, 3.63) is 18.0 Å². The molecule has 0 saturated carbocycles. The van der Waals surface area contributed by atoms with Crippen LogP contribution in [0, 0.1) is 0 Å². The van der Waals surface area contributed by atoms with Crippen LogP contribution in [0.5, 0.6) is 0 Å². The molecular formula is C12H23N3. The second-order valence-corrected chi connectivity index (χ2v) is 4.59. The molecule has 0 atom stereocenters. The third-order valence-corrected chi connectivity index (χ3v) is 2.35. The number of aromatic nitrogens is 2. The van der Waals surface area contributed by atoms with Crippen LogP contribution in [-0.2, 0) is 6.42 Å². The molecule has 0 amide bonds. The van der Waals surface area contributed by atoms with E-state index in [-0.39, 0.29) is 0 Å². The molecule has 15 heavy (non-hydrogen) atoms. The highest BCUT2D eigenvalue weighted by atomic mass is 15.3. The SMILES string of the molecule is CC(C)NCCCc1ccn(C(C)C)n1. The Morgan fingerprint density at radius 3 is 2.60 bits per heavy atom. The van der Waals surface area contributed by atoms with Crippen LogP contribution >= 0.6 is 0 Å². The number of hydrogen-bond acceptors (Lipinski definition) is 2. The van der Waals surface area contributed by atoms with Crippen molar-refractivity contribution in [2.24, 2.45) is 0 Å². The Bertz CT molecular complexity index is 276. The number of nitrogens with zero attached hydrogens (tertiary/aromatic N) is 2. The Labute approximate surface area is 92.9 Å². The van der Waals surface area contributed by atoms with E-state index < -0.39 is 0 Å². The van der Waals surface area contributed by atoms with Gasteiger partial charge in [0.1, 0.15) is 0 Å². The lowest BCUT2D eigenvalue weighted by atomic mass is 10.2. The van der Waals surface area contributed by atoms with E-state index in [0.29, 0.717) is 12.1 Å². The van der Waals surface area contributed by atoms with Gasteiger partial charge in [-0.1, -0.05) is 13.8 Å². The summed E-state index contributed by atoms with van der Waals surface area (Å²) in [5.74, 6) is 0. The molecular weight excluding hydrogens is 186 g/mol. The van der Waals surface area contributed by atoms with E-state index in [0.717, 1.165) is 19.4 Å². The summed E-state index contributed by atoms with van der Waals surface area (Å²) < 4.78 is 2.02. The van der Waals surface area contributed by atoms with Gasteiger partial charge >= 0.3 is 0 Å². The molecule has 0 saturated heterocycles. The third kappa shape index (κ3) is 4.47. The first kappa shape index (κ1) is 12.2. The molecule has 1 N–H and O–H groups in total. The monoisotopic (exact) mass is 209 g/mol. The molecule has 0 unspecified atom stereocenters. The summed E-state index contributed by atoms with van der Waals surface area (Å²) in [5, 5.41) is 7.93. The van der Waals surface area contributed by atoms with Crippen LogP contribution in [0.2, 0.25) is 0 Å². The normalized spacial score (nSPS) is 11.6. The highest BCUT2D eigenvalue weighted by Crippen LogP contribution is 2.05. The lowest BCUT2D eigenvalue weighted by Gasteiger charge is -2.06. The fraction of sp³-hybridized carbons (Fsp3) is 0.750. The lowest BCUT2D eigenvalue weighted by Crippen LogP contribution is -2.23. The summed E-state index contributed by atoms with van der Waals surface area (Å²) in [6.07, 6.45) is 4.29. The zero-order valence-corrected chi connectivity index (χ0v) is 10.3. The van der Waals surface area contributed by atoms with Gasteiger partial charge in [-0.3, -0.25) is 4.68 Å². The quantitative estimate of drug-likeness (QED) is 0.729. The Kier molecular flexibility index (Phi) is 4.82. The minimum absolute atomic E-state index is 0.465. The molecule has 1 heterocycles. The van der Waals surface area contributed by atoms with Crippen molar-refractivity contribution in [3.63, 3.8) is 0 Å². The molecule has 1 aromatic rings. The number of hydrogen-bond donors (Lipinski definition) is 1. The molecule has 0 aromatic carbocycles. The summed E-state index contributed by atoms with van der Waals surface area (Å²) >= 11 is 0. The summed E-state index contributed by atoms with van der Waals surface area (Å²) in [5.41, 5.74) is 1.20. The van der Waals surface area contributed by atoms with Crippen LogP contribution in [0.3, 0.4) is 0 Å². The zero-order chi connectivity index (χ0) is 11.3. The van der Waals surface area contributed by atoms with E-state index in [4.69, 9.17) is 0 Å². The first-order valence-electron chi connectivity index (χ1n) is 5.87. The topological polar surface area (TPSA) is 29.9 Å². The maximum atomic E-state index is 4.52. The van der Waals surface area contributed by atoms with Crippen molar-refractivity contribution in [1.82, 2.24) is 15.1 Å². The molecule has 3 nitrogen and oxygen atoms in total.